The summed E-state index contributed by atoms with van der Waals surface area (Å²) >= 11 is 7.62. The lowest BCUT2D eigenvalue weighted by Gasteiger charge is -2.06. The average molecular weight is 337 g/mol. The van der Waals surface area contributed by atoms with Gasteiger partial charge in [0.1, 0.15) is 0 Å². The van der Waals surface area contributed by atoms with Gasteiger partial charge in [-0.1, -0.05) is 34.1 Å². The molecule has 0 bridgehead atoms. The summed E-state index contributed by atoms with van der Waals surface area (Å²) in [6, 6.07) is 13.1. The molecule has 0 saturated carbocycles. The second-order valence-corrected chi connectivity index (χ2v) is 7.77. The van der Waals surface area contributed by atoms with Gasteiger partial charge >= 0.3 is 0 Å². The summed E-state index contributed by atoms with van der Waals surface area (Å²) in [7, 11) is 0. The van der Waals surface area contributed by atoms with E-state index in [9.17, 15) is 0 Å². The van der Waals surface area contributed by atoms with E-state index in [1.54, 1.807) is 0 Å². The third-order valence-electron chi connectivity index (χ3n) is 3.00. The van der Waals surface area contributed by atoms with Gasteiger partial charge in [0.2, 0.25) is 0 Å². The molecule has 2 aromatic heterocycles. The number of rotatable bonds is 2. The molecule has 1 aromatic carbocycles. The summed E-state index contributed by atoms with van der Waals surface area (Å²) in [5.74, 6) is 0. The molecule has 1 atom stereocenters. The van der Waals surface area contributed by atoms with Gasteiger partial charge in [0.25, 0.3) is 0 Å². The van der Waals surface area contributed by atoms with Crippen LogP contribution in [0, 0.1) is 13.8 Å². The van der Waals surface area contributed by atoms with E-state index >= 15 is 0 Å². The van der Waals surface area contributed by atoms with Crippen LogP contribution in [-0.2, 0) is 0 Å². The first-order valence-electron chi connectivity index (χ1n) is 5.84. The van der Waals surface area contributed by atoms with Crippen LogP contribution in [0.5, 0.6) is 0 Å². The number of benzene rings is 1. The Morgan fingerprint density at radius 2 is 1.83 bits per heavy atom. The molecule has 0 N–H and O–H groups in total. The van der Waals surface area contributed by atoms with E-state index in [4.69, 9.17) is 0 Å². The Kier molecular flexibility index (Phi) is 3.31. The standard InChI is InChI=1S/C15H13BrS2/c1-9-7-10(2)17-15(9)14(16)13-8-11-5-3-4-6-12(11)18-13/h3-8,14H,1-2H3. The molecule has 1 unspecified atom stereocenters. The molecule has 2 heterocycles. The lowest BCUT2D eigenvalue weighted by molar-refractivity contribution is 1.24. The van der Waals surface area contributed by atoms with Crippen LogP contribution in [0.2, 0.25) is 0 Å². The second kappa shape index (κ2) is 4.80. The Morgan fingerprint density at radius 1 is 1.06 bits per heavy atom. The van der Waals surface area contributed by atoms with E-state index in [1.165, 1.54) is 30.3 Å². The lowest BCUT2D eigenvalue weighted by Crippen LogP contribution is -1.87. The maximum absolute atomic E-state index is 3.86. The van der Waals surface area contributed by atoms with Crippen LogP contribution in [0.15, 0.2) is 36.4 Å². The van der Waals surface area contributed by atoms with Crippen molar-refractivity contribution in [1.29, 1.82) is 0 Å². The minimum Gasteiger partial charge on any atom is -0.144 e. The highest BCUT2D eigenvalue weighted by molar-refractivity contribution is 9.09. The first-order chi connectivity index (χ1) is 8.65. The molecule has 0 aliphatic rings. The number of aryl methyl sites for hydroxylation is 2. The van der Waals surface area contributed by atoms with E-state index in [0.29, 0.717) is 4.83 Å². The smallest absolute Gasteiger partial charge is 0.0834 e. The topological polar surface area (TPSA) is 0 Å². The zero-order valence-electron chi connectivity index (χ0n) is 10.2. The minimum atomic E-state index is 0.327. The molecule has 0 amide bonds. The van der Waals surface area contributed by atoms with Gasteiger partial charge in [0, 0.05) is 19.3 Å². The van der Waals surface area contributed by atoms with Crippen molar-refractivity contribution in [2.24, 2.45) is 0 Å². The first kappa shape index (κ1) is 12.4. The molecule has 18 heavy (non-hydrogen) atoms. The Balaban J connectivity index is 2.06. The van der Waals surface area contributed by atoms with Gasteiger partial charge in [-0.25, -0.2) is 0 Å². The highest BCUT2D eigenvalue weighted by Crippen LogP contribution is 2.42. The van der Waals surface area contributed by atoms with Crippen molar-refractivity contribution in [2.45, 2.75) is 18.7 Å². The Labute approximate surface area is 123 Å². The zero-order chi connectivity index (χ0) is 12.7. The third kappa shape index (κ3) is 2.15. The van der Waals surface area contributed by atoms with Gasteiger partial charge in [-0.05, 0) is 43.0 Å². The van der Waals surface area contributed by atoms with E-state index in [2.05, 4.69) is 66.2 Å². The number of hydrogen-bond donors (Lipinski definition) is 0. The molecular formula is C15H13BrS2. The van der Waals surface area contributed by atoms with E-state index in [-0.39, 0.29) is 0 Å². The van der Waals surface area contributed by atoms with Crippen LogP contribution in [0.25, 0.3) is 10.1 Å². The molecular weight excluding hydrogens is 324 g/mol. The highest BCUT2D eigenvalue weighted by Gasteiger charge is 2.17. The molecule has 0 radical (unpaired) electrons. The molecule has 92 valence electrons. The van der Waals surface area contributed by atoms with Crippen molar-refractivity contribution in [3.8, 4) is 0 Å². The SMILES string of the molecule is Cc1cc(C)c(C(Br)c2cc3ccccc3s2)s1. The largest absolute Gasteiger partial charge is 0.144 e. The number of halogens is 1. The fourth-order valence-corrected chi connectivity index (χ4v) is 5.38. The Hall–Kier alpha value is -0.640. The molecule has 0 nitrogen and oxygen atoms in total. The summed E-state index contributed by atoms with van der Waals surface area (Å²) in [5.41, 5.74) is 1.39. The fraction of sp³-hybridized carbons (Fsp3) is 0.200. The van der Waals surface area contributed by atoms with Crippen LogP contribution >= 0.6 is 38.6 Å². The number of alkyl halides is 1. The van der Waals surface area contributed by atoms with Crippen molar-refractivity contribution in [3.05, 3.63) is 56.6 Å². The van der Waals surface area contributed by atoms with Crippen molar-refractivity contribution in [3.63, 3.8) is 0 Å². The fourth-order valence-electron chi connectivity index (χ4n) is 2.17. The Bertz CT molecular complexity index is 660. The van der Waals surface area contributed by atoms with Gasteiger partial charge in [0.15, 0.2) is 0 Å². The molecule has 3 rings (SSSR count). The normalized spacial score (nSPS) is 13.1. The summed E-state index contributed by atoms with van der Waals surface area (Å²) in [5, 5.41) is 1.34. The maximum Gasteiger partial charge on any atom is 0.0834 e. The van der Waals surface area contributed by atoms with Crippen LogP contribution in [-0.4, -0.2) is 0 Å². The van der Waals surface area contributed by atoms with Crippen molar-refractivity contribution in [1.82, 2.24) is 0 Å². The van der Waals surface area contributed by atoms with E-state index < -0.39 is 0 Å². The van der Waals surface area contributed by atoms with Gasteiger partial charge in [-0.2, -0.15) is 0 Å². The second-order valence-electron chi connectivity index (χ2n) is 4.45. The molecule has 0 saturated heterocycles. The highest BCUT2D eigenvalue weighted by atomic mass is 79.9. The third-order valence-corrected chi connectivity index (χ3v) is 6.96. The summed E-state index contributed by atoms with van der Waals surface area (Å²) in [6.07, 6.45) is 0. The number of hydrogen-bond acceptors (Lipinski definition) is 2. The zero-order valence-corrected chi connectivity index (χ0v) is 13.5. The number of fused-ring (bicyclic) bond motifs is 1. The molecule has 0 aliphatic heterocycles. The molecule has 0 spiro atoms. The average Bonchev–Trinajstić information content (AvgIpc) is 2.91. The van der Waals surface area contributed by atoms with E-state index in [0.717, 1.165) is 0 Å². The molecule has 3 aromatic rings. The van der Waals surface area contributed by atoms with Crippen LogP contribution < -0.4 is 0 Å². The predicted octanol–water partition coefficient (Wildman–Crippen LogP) is 6.06. The van der Waals surface area contributed by atoms with Crippen molar-refractivity contribution >= 4 is 48.7 Å². The predicted molar refractivity (Wildman–Crippen MR) is 86.4 cm³/mol. The lowest BCUT2D eigenvalue weighted by atomic mass is 10.2. The Morgan fingerprint density at radius 3 is 2.50 bits per heavy atom. The summed E-state index contributed by atoms with van der Waals surface area (Å²) < 4.78 is 1.36. The van der Waals surface area contributed by atoms with Crippen LogP contribution in [0.3, 0.4) is 0 Å². The van der Waals surface area contributed by atoms with Crippen LogP contribution in [0.1, 0.15) is 25.0 Å². The van der Waals surface area contributed by atoms with Crippen molar-refractivity contribution in [2.75, 3.05) is 0 Å². The van der Waals surface area contributed by atoms with Gasteiger partial charge in [0.05, 0.1) is 4.83 Å². The first-order valence-corrected chi connectivity index (χ1v) is 8.39. The van der Waals surface area contributed by atoms with Gasteiger partial charge in [-0.15, -0.1) is 22.7 Å². The molecule has 0 fully saturated rings. The van der Waals surface area contributed by atoms with E-state index in [1.807, 2.05) is 22.7 Å². The van der Waals surface area contributed by atoms with Gasteiger partial charge in [-0.3, -0.25) is 0 Å². The maximum atomic E-state index is 3.86. The minimum absolute atomic E-state index is 0.327. The monoisotopic (exact) mass is 336 g/mol. The van der Waals surface area contributed by atoms with Crippen molar-refractivity contribution < 1.29 is 0 Å². The summed E-state index contributed by atoms with van der Waals surface area (Å²) in [4.78, 5) is 4.53. The summed E-state index contributed by atoms with van der Waals surface area (Å²) in [6.45, 7) is 4.37. The number of thiophene rings is 2. The van der Waals surface area contributed by atoms with Crippen LogP contribution in [0.4, 0.5) is 0 Å². The quantitative estimate of drug-likeness (QED) is 0.498. The molecule has 0 aliphatic carbocycles. The molecule has 3 heteroatoms. The van der Waals surface area contributed by atoms with Gasteiger partial charge < -0.3 is 0 Å².